The van der Waals surface area contributed by atoms with E-state index in [0.29, 0.717) is 0 Å². The lowest BCUT2D eigenvalue weighted by Crippen LogP contribution is -2.61. The fraction of sp³-hybridized carbons (Fsp3) is 0.0182. The molecule has 3 nitrogen and oxygen atoms in total. The van der Waals surface area contributed by atoms with E-state index in [1.165, 1.54) is 67.0 Å². The van der Waals surface area contributed by atoms with Crippen molar-refractivity contribution in [3.63, 3.8) is 0 Å². The van der Waals surface area contributed by atoms with E-state index < -0.39 is 0 Å². The van der Waals surface area contributed by atoms with Gasteiger partial charge in [-0.2, -0.15) is 0 Å². The molecule has 0 unspecified atom stereocenters. The average Bonchev–Trinajstić information content (AvgIpc) is 3.30. The zero-order valence-electron chi connectivity index (χ0n) is 32.8. The van der Waals surface area contributed by atoms with Crippen LogP contribution in [-0.2, 0) is 0 Å². The molecule has 0 radical (unpaired) electrons. The molecule has 278 valence electrons. The topological polar surface area (TPSA) is 9.72 Å². The zero-order chi connectivity index (χ0) is 39.3. The third-order valence-corrected chi connectivity index (χ3v) is 11.9. The molecule has 9 aromatic carbocycles. The maximum atomic E-state index is 2.49. The average molecular weight is 754 g/mol. The molecule has 0 bridgehead atoms. The number of aryl methyl sites for hydroxylation is 1. The van der Waals surface area contributed by atoms with Gasteiger partial charge in [0, 0.05) is 51.2 Å². The molecule has 0 aromatic heterocycles. The fourth-order valence-electron chi connectivity index (χ4n) is 9.18. The molecular weight excluding hydrogens is 713 g/mol. The summed E-state index contributed by atoms with van der Waals surface area (Å²) in [6.45, 7) is 2.13. The van der Waals surface area contributed by atoms with E-state index in [1.54, 1.807) is 0 Å². The molecule has 4 heteroatoms. The first-order valence-corrected chi connectivity index (χ1v) is 20.4. The Labute approximate surface area is 346 Å². The van der Waals surface area contributed by atoms with E-state index in [0.717, 1.165) is 28.4 Å². The summed E-state index contributed by atoms with van der Waals surface area (Å²) in [6.07, 6.45) is 0. The standard InChI is InChI=1S/C55H40BN3/c1-39-28-30-41(31-29-39)42-18-14-25-47(36-42)59-51-35-32-43(40-16-6-2-7-17-40)37-50(51)56-49-34-33-48(57(44-19-8-3-9-20-44)45-21-10-4-11-22-45)38-54(49)58(46-23-12-5-13-24-46)52-26-15-27-53(59)55(52)56/h2-38H,1H3. The van der Waals surface area contributed by atoms with Crippen LogP contribution < -0.4 is 31.1 Å². The Morgan fingerprint density at radius 3 is 1.54 bits per heavy atom. The minimum absolute atomic E-state index is 0.0118. The van der Waals surface area contributed by atoms with Crippen LogP contribution in [0.5, 0.6) is 0 Å². The molecule has 2 heterocycles. The summed E-state index contributed by atoms with van der Waals surface area (Å²) in [7, 11) is 0. The van der Waals surface area contributed by atoms with Gasteiger partial charge < -0.3 is 14.7 Å². The van der Waals surface area contributed by atoms with Crippen LogP contribution in [0.15, 0.2) is 224 Å². The normalized spacial score (nSPS) is 12.4. The largest absolute Gasteiger partial charge is 0.311 e. The van der Waals surface area contributed by atoms with Gasteiger partial charge in [0.1, 0.15) is 0 Å². The van der Waals surface area contributed by atoms with Crippen LogP contribution in [0.2, 0.25) is 0 Å². The monoisotopic (exact) mass is 753 g/mol. The lowest BCUT2D eigenvalue weighted by molar-refractivity contribution is 1.24. The maximum Gasteiger partial charge on any atom is 0.252 e. The van der Waals surface area contributed by atoms with E-state index in [2.05, 4.69) is 246 Å². The van der Waals surface area contributed by atoms with Crippen molar-refractivity contribution in [3.05, 3.63) is 230 Å². The van der Waals surface area contributed by atoms with Gasteiger partial charge in [-0.05, 0) is 124 Å². The van der Waals surface area contributed by atoms with E-state index >= 15 is 0 Å². The van der Waals surface area contributed by atoms with Crippen molar-refractivity contribution in [2.75, 3.05) is 14.7 Å². The van der Waals surface area contributed by atoms with Crippen LogP contribution in [0, 0.1) is 6.92 Å². The van der Waals surface area contributed by atoms with Crippen molar-refractivity contribution >= 4 is 74.3 Å². The second kappa shape index (κ2) is 14.4. The van der Waals surface area contributed by atoms with Crippen LogP contribution in [0.1, 0.15) is 5.56 Å². The highest BCUT2D eigenvalue weighted by molar-refractivity contribution is 7.00. The van der Waals surface area contributed by atoms with Crippen LogP contribution in [-0.4, -0.2) is 6.71 Å². The summed E-state index contributed by atoms with van der Waals surface area (Å²) < 4.78 is 0. The van der Waals surface area contributed by atoms with E-state index in [4.69, 9.17) is 0 Å². The fourth-order valence-corrected chi connectivity index (χ4v) is 9.18. The van der Waals surface area contributed by atoms with E-state index in [1.807, 2.05) is 0 Å². The molecule has 0 spiro atoms. The minimum Gasteiger partial charge on any atom is -0.311 e. The molecule has 0 amide bonds. The molecule has 0 saturated heterocycles. The van der Waals surface area contributed by atoms with Gasteiger partial charge in [0.25, 0.3) is 6.71 Å². The van der Waals surface area contributed by atoms with Crippen molar-refractivity contribution in [1.82, 2.24) is 0 Å². The van der Waals surface area contributed by atoms with Gasteiger partial charge in [-0.3, -0.25) is 0 Å². The summed E-state index contributed by atoms with van der Waals surface area (Å²) in [6, 6.07) is 81.9. The zero-order valence-corrected chi connectivity index (χ0v) is 32.8. The number of nitrogens with zero attached hydrogens (tertiary/aromatic N) is 3. The minimum atomic E-state index is -0.0118. The molecule has 0 atom stereocenters. The Kier molecular flexibility index (Phi) is 8.48. The highest BCUT2D eigenvalue weighted by atomic mass is 15.2. The van der Waals surface area contributed by atoms with E-state index in [9.17, 15) is 0 Å². The van der Waals surface area contributed by atoms with Crippen molar-refractivity contribution in [3.8, 4) is 22.3 Å². The van der Waals surface area contributed by atoms with Gasteiger partial charge in [-0.15, -0.1) is 0 Å². The summed E-state index contributed by atoms with van der Waals surface area (Å²) >= 11 is 0. The Balaban J connectivity index is 1.17. The number of hydrogen-bond acceptors (Lipinski definition) is 3. The molecule has 2 aliphatic heterocycles. The number of benzene rings is 9. The SMILES string of the molecule is Cc1ccc(-c2cccc(N3c4ccc(-c5ccccc5)cc4B4c5ccc(N(c6ccccc6)c6ccccc6)cc5N(c5ccccc5)c5cccc3c54)c2)cc1. The first-order valence-electron chi connectivity index (χ1n) is 20.4. The molecule has 0 aliphatic carbocycles. The molecule has 59 heavy (non-hydrogen) atoms. The lowest BCUT2D eigenvalue weighted by Gasteiger charge is -2.44. The van der Waals surface area contributed by atoms with Gasteiger partial charge in [-0.1, -0.05) is 151 Å². The van der Waals surface area contributed by atoms with Crippen molar-refractivity contribution in [2.45, 2.75) is 6.92 Å². The van der Waals surface area contributed by atoms with Gasteiger partial charge in [0.05, 0.1) is 0 Å². The highest BCUT2D eigenvalue weighted by Gasteiger charge is 2.43. The van der Waals surface area contributed by atoms with E-state index in [-0.39, 0.29) is 6.71 Å². The summed E-state index contributed by atoms with van der Waals surface area (Å²) in [4.78, 5) is 7.34. The van der Waals surface area contributed by atoms with Crippen molar-refractivity contribution < 1.29 is 0 Å². The number of para-hydroxylation sites is 3. The first-order chi connectivity index (χ1) is 29.2. The predicted molar refractivity (Wildman–Crippen MR) is 251 cm³/mol. The summed E-state index contributed by atoms with van der Waals surface area (Å²) in [5.41, 5.74) is 20.3. The van der Waals surface area contributed by atoms with Crippen molar-refractivity contribution in [2.24, 2.45) is 0 Å². The number of anilines is 9. The second-order valence-corrected chi connectivity index (χ2v) is 15.5. The lowest BCUT2D eigenvalue weighted by atomic mass is 9.33. The Hall–Kier alpha value is -7.56. The summed E-state index contributed by atoms with van der Waals surface area (Å²) in [5, 5.41) is 0. The third-order valence-electron chi connectivity index (χ3n) is 11.9. The Morgan fingerprint density at radius 1 is 0.339 bits per heavy atom. The number of hydrogen-bond donors (Lipinski definition) is 0. The Morgan fingerprint density at radius 2 is 0.864 bits per heavy atom. The van der Waals surface area contributed by atoms with Crippen LogP contribution in [0.4, 0.5) is 51.2 Å². The Bertz CT molecular complexity index is 2910. The molecular formula is C55H40BN3. The second-order valence-electron chi connectivity index (χ2n) is 15.5. The van der Waals surface area contributed by atoms with Gasteiger partial charge in [-0.25, -0.2) is 0 Å². The molecule has 2 aliphatic rings. The van der Waals surface area contributed by atoms with Gasteiger partial charge >= 0.3 is 0 Å². The molecule has 9 aromatic rings. The first kappa shape index (κ1) is 34.7. The number of rotatable bonds is 7. The molecule has 0 fully saturated rings. The quantitative estimate of drug-likeness (QED) is 0.150. The van der Waals surface area contributed by atoms with Gasteiger partial charge in [0.2, 0.25) is 0 Å². The predicted octanol–water partition coefficient (Wildman–Crippen LogP) is 12.9. The van der Waals surface area contributed by atoms with Crippen molar-refractivity contribution in [1.29, 1.82) is 0 Å². The highest BCUT2D eigenvalue weighted by Crippen LogP contribution is 2.46. The smallest absolute Gasteiger partial charge is 0.252 e. The number of fused-ring (bicyclic) bond motifs is 4. The third kappa shape index (κ3) is 6.00. The molecule has 0 N–H and O–H groups in total. The van der Waals surface area contributed by atoms with Crippen LogP contribution in [0.3, 0.4) is 0 Å². The summed E-state index contributed by atoms with van der Waals surface area (Å²) in [5.74, 6) is 0. The maximum absolute atomic E-state index is 2.49. The van der Waals surface area contributed by atoms with Crippen LogP contribution >= 0.6 is 0 Å². The molecule has 0 saturated carbocycles. The van der Waals surface area contributed by atoms with Gasteiger partial charge in [0.15, 0.2) is 0 Å². The molecule has 11 rings (SSSR count). The van der Waals surface area contributed by atoms with Crippen LogP contribution in [0.25, 0.3) is 22.3 Å².